The van der Waals surface area contributed by atoms with Crippen LogP contribution in [0.4, 0.5) is 0 Å². The first kappa shape index (κ1) is 13.2. The number of piperidine rings is 1. The lowest BCUT2D eigenvalue weighted by Crippen LogP contribution is -2.30. The molecule has 0 amide bonds. The first-order chi connectivity index (χ1) is 8.90. The molecule has 3 heteroatoms. The zero-order chi connectivity index (χ0) is 12.6. The fraction of sp³-hybridized carbons (Fsp3) is 0.600. The standard InChI is InChI=1S/C15H23NO2/c1-2-17-14-7-3-4-8-15(14)18-11-9-13-6-5-10-16-12-13/h3-4,7-8,13,16H,2,5-6,9-12H2,1H3. The second kappa shape index (κ2) is 7.27. The Bertz CT molecular complexity index is 348. The lowest BCUT2D eigenvalue weighted by molar-refractivity contribution is 0.239. The Morgan fingerprint density at radius 3 is 2.67 bits per heavy atom. The van der Waals surface area contributed by atoms with Crippen LogP contribution in [-0.4, -0.2) is 26.3 Å². The summed E-state index contributed by atoms with van der Waals surface area (Å²) in [5, 5.41) is 3.43. The normalized spacial score (nSPS) is 19.5. The molecule has 1 saturated heterocycles. The van der Waals surface area contributed by atoms with E-state index >= 15 is 0 Å². The highest BCUT2D eigenvalue weighted by Crippen LogP contribution is 2.27. The van der Waals surface area contributed by atoms with E-state index in [4.69, 9.17) is 9.47 Å². The molecule has 1 unspecified atom stereocenters. The number of hydrogen-bond acceptors (Lipinski definition) is 3. The largest absolute Gasteiger partial charge is 0.490 e. The Hall–Kier alpha value is -1.22. The monoisotopic (exact) mass is 249 g/mol. The Morgan fingerprint density at radius 2 is 2.00 bits per heavy atom. The summed E-state index contributed by atoms with van der Waals surface area (Å²) in [5.41, 5.74) is 0. The highest BCUT2D eigenvalue weighted by Gasteiger charge is 2.13. The van der Waals surface area contributed by atoms with E-state index in [-0.39, 0.29) is 0 Å². The van der Waals surface area contributed by atoms with Gasteiger partial charge in [-0.05, 0) is 57.3 Å². The predicted octanol–water partition coefficient (Wildman–Crippen LogP) is 2.85. The minimum absolute atomic E-state index is 0.674. The predicted molar refractivity (Wildman–Crippen MR) is 73.3 cm³/mol. The average Bonchev–Trinajstić information content (AvgIpc) is 2.42. The van der Waals surface area contributed by atoms with E-state index in [1.807, 2.05) is 31.2 Å². The number of nitrogens with one attached hydrogen (secondary N) is 1. The summed E-state index contributed by atoms with van der Waals surface area (Å²) < 4.78 is 11.4. The number of ether oxygens (including phenoxy) is 2. The summed E-state index contributed by atoms with van der Waals surface area (Å²) in [6.07, 6.45) is 3.73. The fourth-order valence-corrected chi connectivity index (χ4v) is 2.35. The van der Waals surface area contributed by atoms with Crippen LogP contribution in [0.2, 0.25) is 0 Å². The molecule has 3 nitrogen and oxygen atoms in total. The molecule has 100 valence electrons. The molecule has 0 bridgehead atoms. The first-order valence-corrected chi connectivity index (χ1v) is 6.95. The molecule has 1 aromatic rings. The van der Waals surface area contributed by atoms with Crippen molar-refractivity contribution < 1.29 is 9.47 Å². The van der Waals surface area contributed by atoms with Crippen molar-refractivity contribution in [3.05, 3.63) is 24.3 Å². The van der Waals surface area contributed by atoms with Crippen LogP contribution in [0.15, 0.2) is 24.3 Å². The maximum absolute atomic E-state index is 5.84. The van der Waals surface area contributed by atoms with E-state index in [9.17, 15) is 0 Å². The Balaban J connectivity index is 1.78. The van der Waals surface area contributed by atoms with Gasteiger partial charge in [-0.3, -0.25) is 0 Å². The van der Waals surface area contributed by atoms with Crippen LogP contribution in [0.5, 0.6) is 11.5 Å². The summed E-state index contributed by atoms with van der Waals surface area (Å²) in [7, 11) is 0. The Kier molecular flexibility index (Phi) is 5.34. The minimum atomic E-state index is 0.674. The smallest absolute Gasteiger partial charge is 0.161 e. The maximum atomic E-state index is 5.84. The van der Waals surface area contributed by atoms with Crippen LogP contribution < -0.4 is 14.8 Å². The van der Waals surface area contributed by atoms with E-state index < -0.39 is 0 Å². The van der Waals surface area contributed by atoms with E-state index in [2.05, 4.69) is 5.32 Å². The van der Waals surface area contributed by atoms with Gasteiger partial charge in [0.1, 0.15) is 0 Å². The van der Waals surface area contributed by atoms with Gasteiger partial charge in [-0.15, -0.1) is 0 Å². The van der Waals surface area contributed by atoms with E-state index in [1.165, 1.54) is 19.4 Å². The first-order valence-electron chi connectivity index (χ1n) is 6.95. The van der Waals surface area contributed by atoms with Crippen molar-refractivity contribution in [2.45, 2.75) is 26.2 Å². The highest BCUT2D eigenvalue weighted by atomic mass is 16.5. The third-order valence-electron chi connectivity index (χ3n) is 3.33. The molecule has 0 aliphatic carbocycles. The zero-order valence-corrected chi connectivity index (χ0v) is 11.2. The van der Waals surface area contributed by atoms with Gasteiger partial charge in [0.25, 0.3) is 0 Å². The van der Waals surface area contributed by atoms with Crippen molar-refractivity contribution in [3.63, 3.8) is 0 Å². The molecule has 1 fully saturated rings. The second-order valence-corrected chi connectivity index (χ2v) is 4.73. The van der Waals surface area contributed by atoms with Crippen molar-refractivity contribution in [3.8, 4) is 11.5 Å². The lowest BCUT2D eigenvalue weighted by atomic mass is 9.97. The quantitative estimate of drug-likeness (QED) is 0.841. The third kappa shape index (κ3) is 3.91. The summed E-state index contributed by atoms with van der Waals surface area (Å²) in [5.74, 6) is 2.47. The van der Waals surface area contributed by atoms with Crippen molar-refractivity contribution in [1.82, 2.24) is 5.32 Å². The van der Waals surface area contributed by atoms with Gasteiger partial charge in [-0.2, -0.15) is 0 Å². The van der Waals surface area contributed by atoms with E-state index in [1.54, 1.807) is 0 Å². The molecule has 1 aromatic carbocycles. The molecule has 1 atom stereocenters. The van der Waals surface area contributed by atoms with Gasteiger partial charge in [0.15, 0.2) is 11.5 Å². The van der Waals surface area contributed by atoms with Gasteiger partial charge >= 0.3 is 0 Å². The molecule has 18 heavy (non-hydrogen) atoms. The molecular weight excluding hydrogens is 226 g/mol. The van der Waals surface area contributed by atoms with Crippen LogP contribution in [-0.2, 0) is 0 Å². The summed E-state index contributed by atoms with van der Waals surface area (Å²) in [6.45, 7) is 5.74. The van der Waals surface area contributed by atoms with Crippen LogP contribution in [0, 0.1) is 5.92 Å². The number of rotatable bonds is 6. The van der Waals surface area contributed by atoms with Crippen LogP contribution in [0.3, 0.4) is 0 Å². The average molecular weight is 249 g/mol. The molecule has 0 radical (unpaired) electrons. The van der Waals surface area contributed by atoms with Gasteiger partial charge in [0, 0.05) is 0 Å². The van der Waals surface area contributed by atoms with E-state index in [0.717, 1.165) is 37.0 Å². The molecule has 0 aromatic heterocycles. The highest BCUT2D eigenvalue weighted by molar-refractivity contribution is 5.39. The SMILES string of the molecule is CCOc1ccccc1OCCC1CCCNC1. The topological polar surface area (TPSA) is 30.5 Å². The molecule has 0 spiro atoms. The lowest BCUT2D eigenvalue weighted by Gasteiger charge is -2.22. The van der Waals surface area contributed by atoms with E-state index in [0.29, 0.717) is 6.61 Å². The van der Waals surface area contributed by atoms with Gasteiger partial charge in [0.2, 0.25) is 0 Å². The van der Waals surface area contributed by atoms with Gasteiger partial charge < -0.3 is 14.8 Å². The van der Waals surface area contributed by atoms with Crippen LogP contribution >= 0.6 is 0 Å². The Labute approximate surface area is 109 Å². The third-order valence-corrected chi connectivity index (χ3v) is 3.33. The minimum Gasteiger partial charge on any atom is -0.490 e. The molecule has 1 aliphatic heterocycles. The van der Waals surface area contributed by atoms with Crippen LogP contribution in [0.1, 0.15) is 26.2 Å². The zero-order valence-electron chi connectivity index (χ0n) is 11.2. The van der Waals surface area contributed by atoms with Crippen molar-refractivity contribution >= 4 is 0 Å². The fourth-order valence-electron chi connectivity index (χ4n) is 2.35. The van der Waals surface area contributed by atoms with Crippen molar-refractivity contribution in [2.24, 2.45) is 5.92 Å². The second-order valence-electron chi connectivity index (χ2n) is 4.73. The summed E-state index contributed by atoms with van der Waals surface area (Å²) >= 11 is 0. The number of para-hydroxylation sites is 2. The van der Waals surface area contributed by atoms with Gasteiger partial charge in [-0.1, -0.05) is 12.1 Å². The van der Waals surface area contributed by atoms with Gasteiger partial charge in [0.05, 0.1) is 13.2 Å². The summed E-state index contributed by atoms with van der Waals surface area (Å²) in [6, 6.07) is 7.90. The summed E-state index contributed by atoms with van der Waals surface area (Å²) in [4.78, 5) is 0. The molecule has 1 heterocycles. The molecule has 0 saturated carbocycles. The molecular formula is C15H23NO2. The maximum Gasteiger partial charge on any atom is 0.161 e. The molecule has 1 aliphatic rings. The van der Waals surface area contributed by atoms with Crippen molar-refractivity contribution in [2.75, 3.05) is 26.3 Å². The van der Waals surface area contributed by atoms with Crippen molar-refractivity contribution in [1.29, 1.82) is 0 Å². The number of benzene rings is 1. The van der Waals surface area contributed by atoms with Crippen LogP contribution in [0.25, 0.3) is 0 Å². The molecule has 1 N–H and O–H groups in total. The number of hydrogen-bond donors (Lipinski definition) is 1. The van der Waals surface area contributed by atoms with Gasteiger partial charge in [-0.25, -0.2) is 0 Å². The molecule has 2 rings (SSSR count). The Morgan fingerprint density at radius 1 is 1.22 bits per heavy atom.